The minimum atomic E-state index is -0.0872. The van der Waals surface area contributed by atoms with Gasteiger partial charge in [0, 0.05) is 19.0 Å². The van der Waals surface area contributed by atoms with Gasteiger partial charge >= 0.3 is 0 Å². The molecule has 2 aliphatic rings. The number of benzene rings is 1. The van der Waals surface area contributed by atoms with Crippen molar-refractivity contribution < 1.29 is 9.59 Å². The maximum atomic E-state index is 12.5. The first kappa shape index (κ1) is 15.6. The van der Waals surface area contributed by atoms with Crippen LogP contribution < -0.4 is 5.32 Å². The third-order valence-electron chi connectivity index (χ3n) is 4.78. The van der Waals surface area contributed by atoms with Gasteiger partial charge in [0.25, 0.3) is 0 Å². The Morgan fingerprint density at radius 2 is 2.04 bits per heavy atom. The highest BCUT2D eigenvalue weighted by Gasteiger charge is 2.36. The van der Waals surface area contributed by atoms with Gasteiger partial charge in [0.1, 0.15) is 5.01 Å². The van der Waals surface area contributed by atoms with Gasteiger partial charge in [-0.05, 0) is 37.8 Å². The first-order chi connectivity index (χ1) is 11.7. The van der Waals surface area contributed by atoms with E-state index in [4.69, 9.17) is 0 Å². The molecule has 2 aromatic rings. The Morgan fingerprint density at radius 1 is 1.21 bits per heavy atom. The molecule has 0 bridgehead atoms. The van der Waals surface area contributed by atoms with Crippen molar-refractivity contribution in [3.63, 3.8) is 0 Å². The monoisotopic (exact) mass is 343 g/mol. The average Bonchev–Trinajstić information content (AvgIpc) is 3.38. The number of carbonyl (C=O) groups is 2. The topological polar surface area (TPSA) is 62.3 Å². The van der Waals surface area contributed by atoms with E-state index in [1.54, 1.807) is 11.3 Å². The third-order valence-corrected chi connectivity index (χ3v) is 5.82. The number of likely N-dealkylation sites (tertiary alicyclic amines) is 1. The zero-order valence-electron chi connectivity index (χ0n) is 13.5. The van der Waals surface area contributed by atoms with Crippen LogP contribution in [0, 0.1) is 11.8 Å². The molecule has 2 fully saturated rings. The molecule has 1 N–H and O–H groups in total. The van der Waals surface area contributed by atoms with Crippen molar-refractivity contribution in [3.8, 4) is 0 Å². The first-order valence-corrected chi connectivity index (χ1v) is 9.43. The Bertz CT molecular complexity index is 735. The number of fused-ring (bicyclic) bond motifs is 1. The van der Waals surface area contributed by atoms with Crippen LogP contribution in [0.3, 0.4) is 0 Å². The molecule has 24 heavy (non-hydrogen) atoms. The Kier molecular flexibility index (Phi) is 4.22. The normalized spacial score (nSPS) is 21.0. The molecule has 0 radical (unpaired) electrons. The van der Waals surface area contributed by atoms with Gasteiger partial charge in [-0.3, -0.25) is 9.59 Å². The molecule has 1 aliphatic heterocycles. The summed E-state index contributed by atoms with van der Waals surface area (Å²) in [6.45, 7) is 1.84. The fourth-order valence-corrected chi connectivity index (χ4v) is 4.19. The van der Waals surface area contributed by atoms with E-state index in [0.717, 1.165) is 47.5 Å². The second-order valence-corrected chi connectivity index (χ2v) is 7.81. The van der Waals surface area contributed by atoms with Gasteiger partial charge in [-0.1, -0.05) is 12.1 Å². The van der Waals surface area contributed by atoms with Gasteiger partial charge < -0.3 is 10.2 Å². The summed E-state index contributed by atoms with van der Waals surface area (Å²) >= 11 is 1.61. The molecule has 1 aromatic heterocycles. The number of piperidine rings is 1. The molecule has 4 rings (SSSR count). The summed E-state index contributed by atoms with van der Waals surface area (Å²) in [6.07, 6.45) is 3.81. The Hall–Kier alpha value is -1.95. The van der Waals surface area contributed by atoms with E-state index in [-0.39, 0.29) is 23.7 Å². The summed E-state index contributed by atoms with van der Waals surface area (Å²) < 4.78 is 1.14. The molecule has 126 valence electrons. The second-order valence-electron chi connectivity index (χ2n) is 6.69. The lowest BCUT2D eigenvalue weighted by Gasteiger charge is -2.32. The maximum absolute atomic E-state index is 12.5. The van der Waals surface area contributed by atoms with E-state index in [1.165, 1.54) is 0 Å². The van der Waals surface area contributed by atoms with Crippen LogP contribution >= 0.6 is 11.3 Å². The molecule has 1 aliphatic carbocycles. The lowest BCUT2D eigenvalue weighted by Crippen LogP contribution is -2.45. The highest BCUT2D eigenvalue weighted by molar-refractivity contribution is 7.18. The van der Waals surface area contributed by atoms with Crippen molar-refractivity contribution >= 4 is 33.4 Å². The largest absolute Gasteiger partial charge is 0.349 e. The second kappa shape index (κ2) is 6.51. The maximum Gasteiger partial charge on any atom is 0.225 e. The van der Waals surface area contributed by atoms with E-state index in [9.17, 15) is 9.59 Å². The van der Waals surface area contributed by atoms with Gasteiger partial charge in [-0.15, -0.1) is 11.3 Å². The fourth-order valence-electron chi connectivity index (χ4n) is 3.28. The number of thiazole rings is 1. The summed E-state index contributed by atoms with van der Waals surface area (Å²) in [6, 6.07) is 7.99. The number of nitrogens with one attached hydrogen (secondary N) is 1. The van der Waals surface area contributed by atoms with E-state index in [2.05, 4.69) is 10.3 Å². The van der Waals surface area contributed by atoms with Gasteiger partial charge in [0.15, 0.2) is 0 Å². The Morgan fingerprint density at radius 3 is 2.83 bits per heavy atom. The van der Waals surface area contributed by atoms with Crippen LogP contribution in [-0.2, 0) is 16.1 Å². The molecule has 1 saturated carbocycles. The zero-order valence-corrected chi connectivity index (χ0v) is 14.3. The molecular formula is C18H21N3O2S. The minimum absolute atomic E-state index is 0.0440. The molecule has 2 heterocycles. The van der Waals surface area contributed by atoms with E-state index >= 15 is 0 Å². The summed E-state index contributed by atoms with van der Waals surface area (Å²) in [4.78, 5) is 31.1. The van der Waals surface area contributed by atoms with E-state index in [0.29, 0.717) is 13.1 Å². The van der Waals surface area contributed by atoms with Crippen molar-refractivity contribution in [2.45, 2.75) is 32.2 Å². The fraction of sp³-hybridized carbons (Fsp3) is 0.500. The highest BCUT2D eigenvalue weighted by Crippen LogP contribution is 2.32. The van der Waals surface area contributed by atoms with E-state index < -0.39 is 0 Å². The SMILES string of the molecule is O=C(NCc1nc2ccccc2s1)[C@H]1CCCN(C(=O)C2CC2)C1. The number of para-hydroxylation sites is 1. The Balaban J connectivity index is 1.34. The number of nitrogens with zero attached hydrogens (tertiary/aromatic N) is 2. The standard InChI is InChI=1S/C18H21N3O2S/c22-17(13-4-3-9-21(11-13)18(23)12-7-8-12)19-10-16-20-14-5-1-2-6-15(14)24-16/h1-2,5-6,12-13H,3-4,7-11H2,(H,19,22)/t13-/m0/s1. The first-order valence-electron chi connectivity index (χ1n) is 8.61. The number of hydrogen-bond donors (Lipinski definition) is 1. The van der Waals surface area contributed by atoms with Crippen LogP contribution in [0.4, 0.5) is 0 Å². The average molecular weight is 343 g/mol. The predicted molar refractivity (Wildman–Crippen MR) is 93.5 cm³/mol. The lowest BCUT2D eigenvalue weighted by molar-refractivity contribution is -0.136. The van der Waals surface area contributed by atoms with Gasteiger partial charge in [0.05, 0.1) is 22.7 Å². The quantitative estimate of drug-likeness (QED) is 0.928. The third kappa shape index (κ3) is 3.29. The van der Waals surface area contributed by atoms with Crippen LogP contribution in [0.1, 0.15) is 30.7 Å². The molecule has 0 unspecified atom stereocenters. The summed E-state index contributed by atoms with van der Waals surface area (Å²) in [5.41, 5.74) is 0.977. The predicted octanol–water partition coefficient (Wildman–Crippen LogP) is 2.56. The molecule has 1 saturated heterocycles. The summed E-state index contributed by atoms with van der Waals surface area (Å²) in [5.74, 6) is 0.437. The molecular weight excluding hydrogens is 322 g/mol. The van der Waals surface area contributed by atoms with Crippen LogP contribution in [0.15, 0.2) is 24.3 Å². The molecule has 2 amide bonds. The number of aromatic nitrogens is 1. The molecule has 5 nitrogen and oxygen atoms in total. The number of hydrogen-bond acceptors (Lipinski definition) is 4. The molecule has 1 atom stereocenters. The highest BCUT2D eigenvalue weighted by atomic mass is 32.1. The lowest BCUT2D eigenvalue weighted by atomic mass is 9.96. The van der Waals surface area contributed by atoms with Crippen LogP contribution in [-0.4, -0.2) is 34.8 Å². The van der Waals surface area contributed by atoms with Crippen molar-refractivity contribution in [2.24, 2.45) is 11.8 Å². The number of rotatable bonds is 4. The number of amides is 2. The van der Waals surface area contributed by atoms with Gasteiger partial charge in [-0.25, -0.2) is 4.98 Å². The Labute approximate surface area is 145 Å². The van der Waals surface area contributed by atoms with Gasteiger partial charge in [-0.2, -0.15) is 0 Å². The van der Waals surface area contributed by atoms with Crippen molar-refractivity contribution in [3.05, 3.63) is 29.3 Å². The molecule has 0 spiro atoms. The van der Waals surface area contributed by atoms with Crippen molar-refractivity contribution in [1.29, 1.82) is 0 Å². The number of carbonyl (C=O) groups excluding carboxylic acids is 2. The van der Waals surface area contributed by atoms with Crippen LogP contribution in [0.25, 0.3) is 10.2 Å². The van der Waals surface area contributed by atoms with E-state index in [1.807, 2.05) is 29.2 Å². The summed E-state index contributed by atoms with van der Waals surface area (Å²) in [7, 11) is 0. The van der Waals surface area contributed by atoms with Crippen molar-refractivity contribution in [1.82, 2.24) is 15.2 Å². The summed E-state index contributed by atoms with van der Waals surface area (Å²) in [5, 5.41) is 3.93. The van der Waals surface area contributed by atoms with Gasteiger partial charge in [0.2, 0.25) is 11.8 Å². The molecule has 1 aromatic carbocycles. The zero-order chi connectivity index (χ0) is 16.5. The minimum Gasteiger partial charge on any atom is -0.349 e. The smallest absolute Gasteiger partial charge is 0.225 e. The van der Waals surface area contributed by atoms with Crippen LogP contribution in [0.5, 0.6) is 0 Å². The van der Waals surface area contributed by atoms with Crippen molar-refractivity contribution in [2.75, 3.05) is 13.1 Å². The molecule has 6 heteroatoms. The van der Waals surface area contributed by atoms with Crippen LogP contribution in [0.2, 0.25) is 0 Å².